The fourth-order valence-corrected chi connectivity index (χ4v) is 0.903. The average molecular weight is 201 g/mol. The van der Waals surface area contributed by atoms with Crippen molar-refractivity contribution in [1.82, 2.24) is 5.32 Å². The standard InChI is InChI=1S/C11H23NO2/c1-6-14-10(13)7-12-8-11(4,5)9(2)3/h9,12H,6-8H2,1-5H3. The van der Waals surface area contributed by atoms with Crippen LogP contribution in [0.1, 0.15) is 34.6 Å². The first-order chi connectivity index (χ1) is 6.40. The summed E-state index contributed by atoms with van der Waals surface area (Å²) in [6.45, 7) is 12.2. The van der Waals surface area contributed by atoms with Crippen molar-refractivity contribution in [2.75, 3.05) is 19.7 Å². The van der Waals surface area contributed by atoms with E-state index in [0.29, 0.717) is 19.1 Å². The molecule has 0 saturated carbocycles. The Kier molecular flexibility index (Phi) is 5.77. The van der Waals surface area contributed by atoms with E-state index in [-0.39, 0.29) is 11.4 Å². The Morgan fingerprint density at radius 3 is 2.43 bits per heavy atom. The molecule has 0 atom stereocenters. The fourth-order valence-electron chi connectivity index (χ4n) is 0.903. The summed E-state index contributed by atoms with van der Waals surface area (Å²) in [6, 6.07) is 0. The molecule has 0 spiro atoms. The third kappa shape index (κ3) is 5.22. The number of carbonyl (C=O) groups is 1. The Bertz CT molecular complexity index is 176. The first kappa shape index (κ1) is 13.4. The van der Waals surface area contributed by atoms with Crippen LogP contribution in [0, 0.1) is 11.3 Å². The molecule has 0 bridgehead atoms. The van der Waals surface area contributed by atoms with Crippen LogP contribution in [0.3, 0.4) is 0 Å². The van der Waals surface area contributed by atoms with E-state index in [9.17, 15) is 4.79 Å². The molecule has 0 amide bonds. The molecule has 0 aliphatic carbocycles. The van der Waals surface area contributed by atoms with E-state index >= 15 is 0 Å². The first-order valence-electron chi connectivity index (χ1n) is 5.26. The SMILES string of the molecule is CCOC(=O)CNCC(C)(C)C(C)C. The van der Waals surface area contributed by atoms with Gasteiger partial charge in [0, 0.05) is 6.54 Å². The van der Waals surface area contributed by atoms with Crippen LogP contribution in [-0.2, 0) is 9.53 Å². The molecule has 0 aromatic heterocycles. The van der Waals surface area contributed by atoms with Crippen LogP contribution < -0.4 is 5.32 Å². The van der Waals surface area contributed by atoms with Crippen molar-refractivity contribution >= 4 is 5.97 Å². The molecule has 84 valence electrons. The lowest BCUT2D eigenvalue weighted by molar-refractivity contribution is -0.142. The number of rotatable bonds is 6. The van der Waals surface area contributed by atoms with E-state index in [4.69, 9.17) is 4.74 Å². The van der Waals surface area contributed by atoms with Gasteiger partial charge in [-0.25, -0.2) is 0 Å². The molecular weight excluding hydrogens is 178 g/mol. The molecule has 0 aliphatic rings. The van der Waals surface area contributed by atoms with E-state index in [1.807, 2.05) is 6.92 Å². The molecule has 0 aromatic carbocycles. The predicted octanol–water partition coefficient (Wildman–Crippen LogP) is 1.82. The molecule has 1 N–H and O–H groups in total. The normalized spacial score (nSPS) is 11.9. The Morgan fingerprint density at radius 1 is 1.43 bits per heavy atom. The highest BCUT2D eigenvalue weighted by Gasteiger charge is 2.21. The lowest BCUT2D eigenvalue weighted by Gasteiger charge is -2.29. The summed E-state index contributed by atoms with van der Waals surface area (Å²) in [5.74, 6) is 0.421. The van der Waals surface area contributed by atoms with Gasteiger partial charge in [0.25, 0.3) is 0 Å². The highest BCUT2D eigenvalue weighted by molar-refractivity contribution is 5.71. The van der Waals surface area contributed by atoms with Gasteiger partial charge in [-0.1, -0.05) is 27.7 Å². The molecule has 0 heterocycles. The minimum absolute atomic E-state index is 0.174. The Balaban J connectivity index is 3.68. The average Bonchev–Trinajstić information content (AvgIpc) is 2.04. The maximum atomic E-state index is 11.0. The van der Waals surface area contributed by atoms with Gasteiger partial charge in [0.15, 0.2) is 0 Å². The molecular formula is C11H23NO2. The second-order valence-electron chi connectivity index (χ2n) is 4.55. The van der Waals surface area contributed by atoms with Crippen molar-refractivity contribution in [3.63, 3.8) is 0 Å². The molecule has 14 heavy (non-hydrogen) atoms. The highest BCUT2D eigenvalue weighted by Crippen LogP contribution is 2.24. The van der Waals surface area contributed by atoms with Gasteiger partial charge in [0.2, 0.25) is 0 Å². The van der Waals surface area contributed by atoms with Gasteiger partial charge in [-0.3, -0.25) is 4.79 Å². The second kappa shape index (κ2) is 6.02. The van der Waals surface area contributed by atoms with Crippen LogP contribution >= 0.6 is 0 Å². The number of hydrogen-bond donors (Lipinski definition) is 1. The van der Waals surface area contributed by atoms with Crippen molar-refractivity contribution in [2.45, 2.75) is 34.6 Å². The number of carbonyl (C=O) groups excluding carboxylic acids is 1. The summed E-state index contributed by atoms with van der Waals surface area (Å²) < 4.78 is 4.82. The van der Waals surface area contributed by atoms with Crippen LogP contribution in [0.5, 0.6) is 0 Å². The van der Waals surface area contributed by atoms with Gasteiger partial charge in [-0.2, -0.15) is 0 Å². The molecule has 0 aromatic rings. The predicted molar refractivity (Wildman–Crippen MR) is 58.1 cm³/mol. The number of hydrogen-bond acceptors (Lipinski definition) is 3. The Labute approximate surface area is 87.2 Å². The van der Waals surface area contributed by atoms with E-state index in [1.54, 1.807) is 0 Å². The molecule has 0 saturated heterocycles. The monoisotopic (exact) mass is 201 g/mol. The zero-order chi connectivity index (χ0) is 11.2. The van der Waals surface area contributed by atoms with Gasteiger partial charge in [0.1, 0.15) is 0 Å². The van der Waals surface area contributed by atoms with Gasteiger partial charge in [-0.15, -0.1) is 0 Å². The summed E-state index contributed by atoms with van der Waals surface area (Å²) in [7, 11) is 0. The van der Waals surface area contributed by atoms with E-state index in [0.717, 1.165) is 6.54 Å². The van der Waals surface area contributed by atoms with Crippen molar-refractivity contribution < 1.29 is 9.53 Å². The molecule has 3 nitrogen and oxygen atoms in total. The number of ether oxygens (including phenoxy) is 1. The number of esters is 1. The molecule has 0 aliphatic heterocycles. The molecule has 0 fully saturated rings. The summed E-state index contributed by atoms with van der Waals surface area (Å²) in [4.78, 5) is 11.0. The van der Waals surface area contributed by atoms with Crippen molar-refractivity contribution in [3.05, 3.63) is 0 Å². The van der Waals surface area contributed by atoms with Crippen LogP contribution in [0.25, 0.3) is 0 Å². The topological polar surface area (TPSA) is 38.3 Å². The van der Waals surface area contributed by atoms with Gasteiger partial charge in [-0.05, 0) is 18.3 Å². The maximum Gasteiger partial charge on any atom is 0.319 e. The minimum Gasteiger partial charge on any atom is -0.465 e. The summed E-state index contributed by atoms with van der Waals surface area (Å²) in [5.41, 5.74) is 0.215. The zero-order valence-electron chi connectivity index (χ0n) is 10.0. The van der Waals surface area contributed by atoms with Crippen LogP contribution in [0.2, 0.25) is 0 Å². The number of nitrogens with one attached hydrogen (secondary N) is 1. The Hall–Kier alpha value is -0.570. The molecule has 0 rings (SSSR count). The maximum absolute atomic E-state index is 11.0. The first-order valence-corrected chi connectivity index (χ1v) is 5.26. The molecule has 3 heteroatoms. The van der Waals surface area contributed by atoms with Crippen molar-refractivity contribution in [2.24, 2.45) is 11.3 Å². The van der Waals surface area contributed by atoms with Gasteiger partial charge < -0.3 is 10.1 Å². The summed E-state index contributed by atoms with van der Waals surface area (Å²) in [5, 5.41) is 3.12. The van der Waals surface area contributed by atoms with E-state index in [2.05, 4.69) is 33.0 Å². The highest BCUT2D eigenvalue weighted by atomic mass is 16.5. The van der Waals surface area contributed by atoms with Gasteiger partial charge in [0.05, 0.1) is 13.2 Å². The quantitative estimate of drug-likeness (QED) is 0.666. The molecule has 0 radical (unpaired) electrons. The van der Waals surface area contributed by atoms with Gasteiger partial charge >= 0.3 is 5.97 Å². The second-order valence-corrected chi connectivity index (χ2v) is 4.55. The summed E-state index contributed by atoms with van der Waals surface area (Å²) in [6.07, 6.45) is 0. The van der Waals surface area contributed by atoms with E-state index < -0.39 is 0 Å². The van der Waals surface area contributed by atoms with E-state index in [1.165, 1.54) is 0 Å². The van der Waals surface area contributed by atoms with Crippen LogP contribution in [-0.4, -0.2) is 25.7 Å². The fraction of sp³-hybridized carbons (Fsp3) is 0.909. The molecule has 0 unspecified atom stereocenters. The van der Waals surface area contributed by atoms with Crippen molar-refractivity contribution in [1.29, 1.82) is 0 Å². The smallest absolute Gasteiger partial charge is 0.319 e. The largest absolute Gasteiger partial charge is 0.465 e. The lowest BCUT2D eigenvalue weighted by atomic mass is 9.81. The van der Waals surface area contributed by atoms with Crippen LogP contribution in [0.15, 0.2) is 0 Å². The summed E-state index contributed by atoms with van der Waals surface area (Å²) >= 11 is 0. The third-order valence-corrected chi connectivity index (χ3v) is 2.72. The Morgan fingerprint density at radius 2 is 2.00 bits per heavy atom. The zero-order valence-corrected chi connectivity index (χ0v) is 10.0. The van der Waals surface area contributed by atoms with Crippen LogP contribution in [0.4, 0.5) is 0 Å². The third-order valence-electron chi connectivity index (χ3n) is 2.72. The lowest BCUT2D eigenvalue weighted by Crippen LogP contribution is -2.36. The van der Waals surface area contributed by atoms with Crippen molar-refractivity contribution in [3.8, 4) is 0 Å². The minimum atomic E-state index is -0.174.